The third kappa shape index (κ3) is 4.59. The third-order valence-corrected chi connectivity index (χ3v) is 3.37. The lowest BCUT2D eigenvalue weighted by atomic mass is 10.0. The molecule has 1 aromatic heterocycles. The first-order chi connectivity index (χ1) is 10.8. The number of rotatable bonds is 6. The number of oxazole rings is 1. The number of thiol groups is 1. The Morgan fingerprint density at radius 3 is 2.65 bits per heavy atom. The molecule has 7 heteroatoms. The molecule has 23 heavy (non-hydrogen) atoms. The summed E-state index contributed by atoms with van der Waals surface area (Å²) in [6.45, 7) is 3.30. The van der Waals surface area contributed by atoms with Crippen molar-refractivity contribution >= 4 is 24.8 Å². The van der Waals surface area contributed by atoms with E-state index in [1.54, 1.807) is 13.8 Å². The van der Waals surface area contributed by atoms with Crippen molar-refractivity contribution < 1.29 is 19.4 Å². The lowest BCUT2D eigenvalue weighted by molar-refractivity contribution is -0.138. The zero-order chi connectivity index (χ0) is 17.0. The standard InChI is InChI=1S/C16H18N2O4S/c1-16(2,23)13(14(19)20)17-9-11-15(21)22-12(18-11)8-10-6-4-3-5-7-10/h3-7,9,13,21,23H,8H2,1-2H3,(H,19,20)/t13-/m0/s1. The molecule has 0 radical (unpaired) electrons. The molecule has 1 atom stereocenters. The Hall–Kier alpha value is -2.28. The first-order valence-corrected chi connectivity index (χ1v) is 7.43. The van der Waals surface area contributed by atoms with Gasteiger partial charge in [0.05, 0.1) is 6.21 Å². The van der Waals surface area contributed by atoms with Crippen LogP contribution < -0.4 is 0 Å². The predicted molar refractivity (Wildman–Crippen MR) is 89.5 cm³/mol. The van der Waals surface area contributed by atoms with Crippen LogP contribution in [-0.4, -0.2) is 38.2 Å². The van der Waals surface area contributed by atoms with Gasteiger partial charge in [0, 0.05) is 11.2 Å². The van der Waals surface area contributed by atoms with Gasteiger partial charge in [-0.05, 0) is 19.4 Å². The van der Waals surface area contributed by atoms with Crippen LogP contribution in [0.1, 0.15) is 31.0 Å². The summed E-state index contributed by atoms with van der Waals surface area (Å²) in [5.41, 5.74) is 1.08. The molecule has 0 fully saturated rings. The Bertz CT molecular complexity index is 705. The number of aromatic hydroxyl groups is 1. The van der Waals surface area contributed by atoms with E-state index in [1.807, 2.05) is 30.3 Å². The fraction of sp³-hybridized carbons (Fsp3) is 0.312. The summed E-state index contributed by atoms with van der Waals surface area (Å²) < 4.78 is 4.33. The van der Waals surface area contributed by atoms with Crippen molar-refractivity contribution in [3.05, 3.63) is 47.5 Å². The average Bonchev–Trinajstić information content (AvgIpc) is 2.78. The van der Waals surface area contributed by atoms with E-state index in [0.29, 0.717) is 12.3 Å². The first kappa shape index (κ1) is 17.1. The zero-order valence-corrected chi connectivity index (χ0v) is 13.7. The van der Waals surface area contributed by atoms with E-state index in [0.717, 1.165) is 5.56 Å². The molecule has 0 bridgehead atoms. The minimum atomic E-state index is -1.10. The Morgan fingerprint density at radius 2 is 2.09 bits per heavy atom. The molecule has 0 saturated heterocycles. The minimum Gasteiger partial charge on any atom is -0.480 e. The van der Waals surface area contributed by atoms with Crippen LogP contribution >= 0.6 is 12.6 Å². The van der Waals surface area contributed by atoms with Crippen molar-refractivity contribution in [1.29, 1.82) is 0 Å². The summed E-state index contributed by atoms with van der Waals surface area (Å²) in [6.07, 6.45) is 1.62. The molecule has 1 heterocycles. The van der Waals surface area contributed by atoms with Gasteiger partial charge < -0.3 is 14.6 Å². The first-order valence-electron chi connectivity index (χ1n) is 6.98. The third-order valence-electron chi connectivity index (χ3n) is 3.13. The molecule has 0 saturated carbocycles. The SMILES string of the molecule is CC(C)(S)[C@@H](N=Cc1nc(Cc2ccccc2)oc1O)C(=O)O. The maximum atomic E-state index is 11.2. The van der Waals surface area contributed by atoms with Crippen molar-refractivity contribution in [3.8, 4) is 5.95 Å². The van der Waals surface area contributed by atoms with Crippen LogP contribution in [0.25, 0.3) is 0 Å². The van der Waals surface area contributed by atoms with Gasteiger partial charge in [0.25, 0.3) is 0 Å². The fourth-order valence-corrected chi connectivity index (χ4v) is 2.17. The topological polar surface area (TPSA) is 95.9 Å². The highest BCUT2D eigenvalue weighted by Crippen LogP contribution is 2.23. The summed E-state index contributed by atoms with van der Waals surface area (Å²) in [7, 11) is 0. The van der Waals surface area contributed by atoms with Crippen molar-refractivity contribution in [3.63, 3.8) is 0 Å². The van der Waals surface area contributed by atoms with Gasteiger partial charge in [-0.1, -0.05) is 30.3 Å². The van der Waals surface area contributed by atoms with Gasteiger partial charge in [0.15, 0.2) is 11.7 Å². The molecule has 0 aliphatic carbocycles. The number of carbonyl (C=O) groups is 1. The number of aliphatic imine (C=N–C) groups is 1. The van der Waals surface area contributed by atoms with E-state index in [9.17, 15) is 15.0 Å². The number of aromatic nitrogens is 1. The molecule has 0 aliphatic heterocycles. The number of nitrogens with zero attached hydrogens (tertiary/aromatic N) is 2. The fourth-order valence-electron chi connectivity index (χ4n) is 1.99. The number of hydrogen-bond donors (Lipinski definition) is 3. The monoisotopic (exact) mass is 334 g/mol. The Kier molecular flexibility index (Phi) is 5.10. The van der Waals surface area contributed by atoms with Crippen LogP contribution in [-0.2, 0) is 11.2 Å². The zero-order valence-electron chi connectivity index (χ0n) is 12.8. The number of benzene rings is 1. The lowest BCUT2D eigenvalue weighted by Gasteiger charge is -2.21. The van der Waals surface area contributed by atoms with Crippen LogP contribution in [0.5, 0.6) is 5.95 Å². The summed E-state index contributed by atoms with van der Waals surface area (Å²) in [4.78, 5) is 19.3. The molecule has 1 aromatic carbocycles. The number of hydrogen-bond acceptors (Lipinski definition) is 6. The van der Waals surface area contributed by atoms with Crippen LogP contribution in [0.2, 0.25) is 0 Å². The van der Waals surface area contributed by atoms with Crippen LogP contribution in [0.3, 0.4) is 0 Å². The molecular weight excluding hydrogens is 316 g/mol. The van der Waals surface area contributed by atoms with E-state index >= 15 is 0 Å². The second kappa shape index (κ2) is 6.87. The summed E-state index contributed by atoms with van der Waals surface area (Å²) in [5.74, 6) is -1.17. The lowest BCUT2D eigenvalue weighted by Crippen LogP contribution is -2.36. The maximum absolute atomic E-state index is 11.2. The Labute approximate surface area is 139 Å². The van der Waals surface area contributed by atoms with Gasteiger partial charge in [-0.2, -0.15) is 12.6 Å². The number of aliphatic carboxylic acids is 1. The number of carboxylic acids is 1. The van der Waals surface area contributed by atoms with Crippen molar-refractivity contribution in [2.45, 2.75) is 31.1 Å². The molecule has 2 N–H and O–H groups in total. The van der Waals surface area contributed by atoms with Crippen molar-refractivity contribution in [2.75, 3.05) is 0 Å². The van der Waals surface area contributed by atoms with Crippen LogP contribution in [0.4, 0.5) is 0 Å². The molecule has 0 aliphatic rings. The molecule has 0 unspecified atom stereocenters. The maximum Gasteiger partial charge on any atom is 0.329 e. The van der Waals surface area contributed by atoms with Crippen molar-refractivity contribution in [1.82, 2.24) is 4.98 Å². The van der Waals surface area contributed by atoms with Gasteiger partial charge in [0.2, 0.25) is 5.89 Å². The highest BCUT2D eigenvalue weighted by Gasteiger charge is 2.31. The van der Waals surface area contributed by atoms with E-state index < -0.39 is 16.8 Å². The largest absolute Gasteiger partial charge is 0.480 e. The second-order valence-electron chi connectivity index (χ2n) is 5.63. The van der Waals surface area contributed by atoms with Crippen LogP contribution in [0.15, 0.2) is 39.7 Å². The van der Waals surface area contributed by atoms with Gasteiger partial charge in [-0.15, -0.1) is 0 Å². The molecule has 122 valence electrons. The molecular formula is C16H18N2O4S. The Balaban J connectivity index is 2.18. The summed E-state index contributed by atoms with van der Waals surface area (Å²) in [5, 5.41) is 19.0. The van der Waals surface area contributed by atoms with E-state index in [1.165, 1.54) is 6.21 Å². The average molecular weight is 334 g/mol. The minimum absolute atomic E-state index is 0.0970. The quantitative estimate of drug-likeness (QED) is 0.557. The van der Waals surface area contributed by atoms with Crippen molar-refractivity contribution in [2.24, 2.45) is 4.99 Å². The van der Waals surface area contributed by atoms with E-state index in [4.69, 9.17) is 4.42 Å². The predicted octanol–water partition coefficient (Wildman–Crippen LogP) is 2.55. The van der Waals surface area contributed by atoms with Gasteiger partial charge in [-0.25, -0.2) is 9.78 Å². The summed E-state index contributed by atoms with van der Waals surface area (Å²) in [6, 6.07) is 8.46. The van der Waals surface area contributed by atoms with Gasteiger partial charge in [0.1, 0.15) is 0 Å². The molecule has 6 nitrogen and oxygen atoms in total. The normalized spacial score (nSPS) is 13.3. The second-order valence-corrected chi connectivity index (χ2v) is 6.79. The highest BCUT2D eigenvalue weighted by molar-refractivity contribution is 7.81. The van der Waals surface area contributed by atoms with E-state index in [2.05, 4.69) is 22.6 Å². The summed E-state index contributed by atoms with van der Waals surface area (Å²) >= 11 is 4.23. The highest BCUT2D eigenvalue weighted by atomic mass is 32.1. The van der Waals surface area contributed by atoms with Gasteiger partial charge in [-0.3, -0.25) is 4.99 Å². The smallest absolute Gasteiger partial charge is 0.329 e. The molecule has 2 aromatic rings. The van der Waals surface area contributed by atoms with Gasteiger partial charge >= 0.3 is 11.9 Å². The Morgan fingerprint density at radius 1 is 1.43 bits per heavy atom. The molecule has 2 rings (SSSR count). The number of carboxylic acid groups (broad SMARTS) is 1. The molecule has 0 spiro atoms. The van der Waals surface area contributed by atoms with E-state index in [-0.39, 0.29) is 11.6 Å². The molecule has 0 amide bonds. The van der Waals surface area contributed by atoms with Crippen LogP contribution in [0, 0.1) is 0 Å².